The van der Waals surface area contributed by atoms with Crippen LogP contribution in [0.5, 0.6) is 11.5 Å². The lowest BCUT2D eigenvalue weighted by Gasteiger charge is -2.13. The van der Waals surface area contributed by atoms with Crippen LogP contribution >= 0.6 is 11.8 Å². The molecule has 1 aliphatic heterocycles. The molecule has 0 saturated carbocycles. The number of fused-ring (bicyclic) bond motifs is 1. The zero-order chi connectivity index (χ0) is 16.7. The van der Waals surface area contributed by atoms with Gasteiger partial charge in [0.15, 0.2) is 11.5 Å². The molecule has 0 fully saturated rings. The van der Waals surface area contributed by atoms with Crippen molar-refractivity contribution in [2.45, 2.75) is 25.0 Å². The van der Waals surface area contributed by atoms with Gasteiger partial charge in [0.1, 0.15) is 0 Å². The van der Waals surface area contributed by atoms with Gasteiger partial charge in [-0.3, -0.25) is 14.9 Å². The van der Waals surface area contributed by atoms with E-state index in [-0.39, 0.29) is 30.0 Å². The van der Waals surface area contributed by atoms with Gasteiger partial charge in [-0.15, -0.1) is 11.8 Å². The summed E-state index contributed by atoms with van der Waals surface area (Å²) in [5, 5.41) is 10.4. The second kappa shape index (κ2) is 8.61. The molecule has 0 N–H and O–H groups in total. The monoisotopic (exact) mass is 341 g/mol. The average Bonchev–Trinajstić information content (AvgIpc) is 2.98. The molecule has 0 amide bonds. The molecule has 0 spiro atoms. The Hall–Kier alpha value is -1.96. The van der Waals surface area contributed by atoms with Crippen LogP contribution < -0.4 is 9.47 Å². The van der Waals surface area contributed by atoms with Crippen molar-refractivity contribution in [1.29, 1.82) is 0 Å². The standard InChI is InChI=1S/C15H19NO6S/c1-2-3-6-20-15(17)9-23-14(8-16(18)19)11-4-5-12-13(7-11)22-10-21-12/h4-5,7,14H,2-3,6,8-10H2,1H3. The van der Waals surface area contributed by atoms with Crippen molar-refractivity contribution in [1.82, 2.24) is 0 Å². The molecule has 1 atom stereocenters. The van der Waals surface area contributed by atoms with E-state index >= 15 is 0 Å². The first-order valence-corrected chi connectivity index (χ1v) is 8.43. The van der Waals surface area contributed by atoms with Crippen LogP contribution in [0.2, 0.25) is 0 Å². The van der Waals surface area contributed by atoms with E-state index in [2.05, 4.69) is 0 Å². The molecule has 0 bridgehead atoms. The van der Waals surface area contributed by atoms with Crippen LogP contribution in [0.15, 0.2) is 18.2 Å². The van der Waals surface area contributed by atoms with Crippen molar-refractivity contribution in [2.24, 2.45) is 0 Å². The summed E-state index contributed by atoms with van der Waals surface area (Å²) in [5.41, 5.74) is 0.734. The van der Waals surface area contributed by atoms with Crippen LogP contribution in [-0.4, -0.2) is 36.6 Å². The Morgan fingerprint density at radius 2 is 2.22 bits per heavy atom. The van der Waals surface area contributed by atoms with Gasteiger partial charge in [-0.05, 0) is 24.1 Å². The Bertz CT molecular complexity index is 565. The van der Waals surface area contributed by atoms with E-state index in [1.54, 1.807) is 18.2 Å². The Kier molecular flexibility index (Phi) is 6.52. The highest BCUT2D eigenvalue weighted by atomic mass is 32.2. The highest BCUT2D eigenvalue weighted by molar-refractivity contribution is 8.00. The first-order valence-electron chi connectivity index (χ1n) is 7.38. The SMILES string of the molecule is CCCCOC(=O)CSC(C[N+](=O)[O-])c1ccc2c(c1)OCO2. The minimum absolute atomic E-state index is 0.0800. The minimum atomic E-state index is -0.446. The first-order chi connectivity index (χ1) is 11.1. The molecular formula is C15H19NO6S. The molecule has 126 valence electrons. The minimum Gasteiger partial charge on any atom is -0.465 e. The molecule has 1 unspecified atom stereocenters. The average molecular weight is 341 g/mol. The fourth-order valence-electron chi connectivity index (χ4n) is 2.04. The molecule has 0 saturated heterocycles. The Balaban J connectivity index is 1.97. The number of unbranched alkanes of at least 4 members (excludes halogenated alkanes) is 1. The van der Waals surface area contributed by atoms with Crippen LogP contribution in [0.25, 0.3) is 0 Å². The van der Waals surface area contributed by atoms with Crippen molar-refractivity contribution in [3.05, 3.63) is 33.9 Å². The quantitative estimate of drug-likeness (QED) is 0.295. The lowest BCUT2D eigenvalue weighted by atomic mass is 10.1. The third-order valence-corrected chi connectivity index (χ3v) is 4.47. The highest BCUT2D eigenvalue weighted by Crippen LogP contribution is 2.37. The van der Waals surface area contributed by atoms with E-state index in [9.17, 15) is 14.9 Å². The largest absolute Gasteiger partial charge is 0.465 e. The Morgan fingerprint density at radius 3 is 2.96 bits per heavy atom. The van der Waals surface area contributed by atoms with Crippen LogP contribution in [0.4, 0.5) is 0 Å². The van der Waals surface area contributed by atoms with Gasteiger partial charge < -0.3 is 14.2 Å². The molecule has 0 aromatic heterocycles. The number of nitrogens with zero attached hydrogens (tertiary/aromatic N) is 1. The second-order valence-electron chi connectivity index (χ2n) is 5.00. The van der Waals surface area contributed by atoms with Crippen LogP contribution in [0, 0.1) is 10.1 Å². The number of carbonyl (C=O) groups excluding carboxylic acids is 1. The molecule has 1 aliphatic rings. The van der Waals surface area contributed by atoms with Gasteiger partial charge in [-0.25, -0.2) is 0 Å². The van der Waals surface area contributed by atoms with E-state index in [0.717, 1.165) is 18.4 Å². The fourth-order valence-corrected chi connectivity index (χ4v) is 3.03. The number of rotatable bonds is 9. The summed E-state index contributed by atoms with van der Waals surface area (Å²) in [6.45, 7) is 2.28. The molecular weight excluding hydrogens is 322 g/mol. The smallest absolute Gasteiger partial charge is 0.315 e. The van der Waals surface area contributed by atoms with Gasteiger partial charge in [-0.2, -0.15) is 0 Å². The molecule has 23 heavy (non-hydrogen) atoms. The van der Waals surface area contributed by atoms with Gasteiger partial charge in [0.05, 0.1) is 17.6 Å². The summed E-state index contributed by atoms with van der Waals surface area (Å²) in [7, 11) is 0. The first kappa shape index (κ1) is 17.4. The van der Waals surface area contributed by atoms with Crippen molar-refractivity contribution in [3.8, 4) is 11.5 Å². The van der Waals surface area contributed by atoms with Crippen molar-refractivity contribution < 1.29 is 23.9 Å². The molecule has 1 aromatic rings. The van der Waals surface area contributed by atoms with E-state index in [1.807, 2.05) is 6.92 Å². The van der Waals surface area contributed by atoms with E-state index < -0.39 is 5.25 Å². The lowest BCUT2D eigenvalue weighted by molar-refractivity contribution is -0.479. The van der Waals surface area contributed by atoms with Crippen molar-refractivity contribution in [3.63, 3.8) is 0 Å². The second-order valence-corrected chi connectivity index (χ2v) is 6.19. The van der Waals surface area contributed by atoms with E-state index in [1.165, 1.54) is 11.8 Å². The van der Waals surface area contributed by atoms with Crippen LogP contribution in [0.3, 0.4) is 0 Å². The molecule has 0 aliphatic carbocycles. The molecule has 7 nitrogen and oxygen atoms in total. The topological polar surface area (TPSA) is 87.9 Å². The number of hydrogen-bond acceptors (Lipinski definition) is 7. The maximum Gasteiger partial charge on any atom is 0.315 e. The summed E-state index contributed by atoms with van der Waals surface area (Å²) in [6, 6.07) is 5.22. The summed E-state index contributed by atoms with van der Waals surface area (Å²) in [6.07, 6.45) is 1.76. The number of esters is 1. The molecule has 0 radical (unpaired) electrons. The van der Waals surface area contributed by atoms with Crippen LogP contribution in [0.1, 0.15) is 30.6 Å². The molecule has 2 rings (SSSR count). The van der Waals surface area contributed by atoms with Gasteiger partial charge in [0.25, 0.3) is 0 Å². The predicted molar refractivity (Wildman–Crippen MR) is 85.5 cm³/mol. The van der Waals surface area contributed by atoms with Gasteiger partial charge in [0.2, 0.25) is 13.3 Å². The van der Waals surface area contributed by atoms with Crippen LogP contribution in [-0.2, 0) is 9.53 Å². The Labute approximate surface area is 138 Å². The molecule has 8 heteroatoms. The third-order valence-electron chi connectivity index (χ3n) is 3.25. The van der Waals surface area contributed by atoms with Crippen molar-refractivity contribution in [2.75, 3.05) is 25.7 Å². The number of thioether (sulfide) groups is 1. The van der Waals surface area contributed by atoms with Crippen molar-refractivity contribution >= 4 is 17.7 Å². The van der Waals surface area contributed by atoms with E-state index in [4.69, 9.17) is 14.2 Å². The van der Waals surface area contributed by atoms with Gasteiger partial charge >= 0.3 is 5.97 Å². The normalized spacial score (nSPS) is 13.6. The summed E-state index contributed by atoms with van der Waals surface area (Å²) < 4.78 is 15.6. The maximum atomic E-state index is 11.7. The predicted octanol–water partition coefficient (Wildman–Crippen LogP) is 2.81. The summed E-state index contributed by atoms with van der Waals surface area (Å²) in [5.74, 6) is 0.925. The lowest BCUT2D eigenvalue weighted by Crippen LogP contribution is -2.14. The fraction of sp³-hybridized carbons (Fsp3) is 0.533. The Morgan fingerprint density at radius 1 is 1.43 bits per heavy atom. The van der Waals surface area contributed by atoms with Gasteiger partial charge in [0, 0.05) is 4.92 Å². The van der Waals surface area contributed by atoms with Gasteiger partial charge in [-0.1, -0.05) is 19.4 Å². The van der Waals surface area contributed by atoms with E-state index in [0.29, 0.717) is 18.1 Å². The highest BCUT2D eigenvalue weighted by Gasteiger charge is 2.23. The number of carbonyl (C=O) groups is 1. The third kappa shape index (κ3) is 5.31. The zero-order valence-electron chi connectivity index (χ0n) is 12.9. The summed E-state index contributed by atoms with van der Waals surface area (Å²) in [4.78, 5) is 22.2. The maximum absolute atomic E-state index is 11.7. The zero-order valence-corrected chi connectivity index (χ0v) is 13.7. The number of benzene rings is 1. The number of nitro groups is 1. The molecule has 1 aromatic carbocycles. The number of ether oxygens (including phenoxy) is 3. The molecule has 1 heterocycles. The summed E-state index contributed by atoms with van der Waals surface area (Å²) >= 11 is 1.20. The number of hydrogen-bond donors (Lipinski definition) is 0.